The van der Waals surface area contributed by atoms with Crippen LogP contribution in [0, 0.1) is 17.0 Å². The SMILES string of the molecule is COCCCOc1cc(C)ccc1COC1CCCN(C(=O)OCCCCCCO[N+](=O)[O-])C1. The molecule has 0 bridgehead atoms. The van der Waals surface area contributed by atoms with Crippen molar-refractivity contribution >= 4 is 6.09 Å². The Balaban J connectivity index is 1.68. The van der Waals surface area contributed by atoms with Crippen LogP contribution in [0.4, 0.5) is 4.79 Å². The third-order valence-electron chi connectivity index (χ3n) is 5.54. The minimum absolute atomic E-state index is 0.0504. The highest BCUT2D eigenvalue weighted by atomic mass is 16.9. The molecule has 1 aromatic rings. The van der Waals surface area contributed by atoms with Crippen LogP contribution in [0.2, 0.25) is 0 Å². The number of methoxy groups -OCH3 is 1. The van der Waals surface area contributed by atoms with E-state index in [1.54, 1.807) is 12.0 Å². The minimum atomic E-state index is -0.782. The topological polar surface area (TPSA) is 110 Å². The molecule has 1 saturated heterocycles. The number of carbonyl (C=O) groups is 1. The molecule has 192 valence electrons. The van der Waals surface area contributed by atoms with E-state index in [-0.39, 0.29) is 18.8 Å². The van der Waals surface area contributed by atoms with Crippen molar-refractivity contribution < 1.29 is 33.7 Å². The largest absolute Gasteiger partial charge is 0.493 e. The van der Waals surface area contributed by atoms with Gasteiger partial charge in [0.15, 0.2) is 0 Å². The van der Waals surface area contributed by atoms with Crippen molar-refractivity contribution in [3.8, 4) is 5.75 Å². The predicted molar refractivity (Wildman–Crippen MR) is 125 cm³/mol. The van der Waals surface area contributed by atoms with Crippen LogP contribution in [0.25, 0.3) is 0 Å². The van der Waals surface area contributed by atoms with Crippen molar-refractivity contribution in [3.05, 3.63) is 39.4 Å². The fraction of sp³-hybridized carbons (Fsp3) is 0.708. The Morgan fingerprint density at radius 1 is 1.12 bits per heavy atom. The molecule has 1 aliphatic heterocycles. The molecule has 0 saturated carbocycles. The van der Waals surface area contributed by atoms with Gasteiger partial charge in [0.2, 0.25) is 0 Å². The highest BCUT2D eigenvalue weighted by Crippen LogP contribution is 2.24. The monoisotopic (exact) mass is 482 g/mol. The first-order valence-corrected chi connectivity index (χ1v) is 12.0. The number of piperidine rings is 1. The van der Waals surface area contributed by atoms with Crippen molar-refractivity contribution in [2.75, 3.05) is 46.6 Å². The third kappa shape index (κ3) is 11.0. The Kier molecular flexibility index (Phi) is 13.1. The number of unbranched alkanes of at least 4 members (excludes halogenated alkanes) is 3. The number of carbonyl (C=O) groups excluding carboxylic acids is 1. The van der Waals surface area contributed by atoms with E-state index in [2.05, 4.69) is 4.84 Å². The summed E-state index contributed by atoms with van der Waals surface area (Å²) in [5.74, 6) is 0.827. The summed E-state index contributed by atoms with van der Waals surface area (Å²) in [4.78, 5) is 28.5. The number of rotatable bonds is 16. The van der Waals surface area contributed by atoms with Crippen molar-refractivity contribution in [3.63, 3.8) is 0 Å². The van der Waals surface area contributed by atoms with Crippen LogP contribution in [0.5, 0.6) is 5.75 Å². The average Bonchev–Trinajstić information content (AvgIpc) is 2.82. The Morgan fingerprint density at radius 3 is 2.68 bits per heavy atom. The molecule has 34 heavy (non-hydrogen) atoms. The molecule has 10 nitrogen and oxygen atoms in total. The van der Waals surface area contributed by atoms with Gasteiger partial charge in [-0.3, -0.25) is 0 Å². The fourth-order valence-electron chi connectivity index (χ4n) is 3.70. The number of nitrogens with zero attached hydrogens (tertiary/aromatic N) is 2. The summed E-state index contributed by atoms with van der Waals surface area (Å²) in [6.07, 6.45) is 5.17. The lowest BCUT2D eigenvalue weighted by Gasteiger charge is -2.32. The van der Waals surface area contributed by atoms with Gasteiger partial charge in [-0.2, -0.15) is 0 Å². The summed E-state index contributed by atoms with van der Waals surface area (Å²) in [7, 11) is 1.68. The number of ether oxygens (including phenoxy) is 4. The van der Waals surface area contributed by atoms with Crippen molar-refractivity contribution in [2.45, 2.75) is 64.6 Å². The average molecular weight is 483 g/mol. The van der Waals surface area contributed by atoms with E-state index >= 15 is 0 Å². The molecule has 0 N–H and O–H groups in total. The van der Waals surface area contributed by atoms with E-state index in [9.17, 15) is 14.9 Å². The fourth-order valence-corrected chi connectivity index (χ4v) is 3.70. The first-order valence-electron chi connectivity index (χ1n) is 12.0. The summed E-state index contributed by atoms with van der Waals surface area (Å²) in [5.41, 5.74) is 2.12. The van der Waals surface area contributed by atoms with E-state index < -0.39 is 5.09 Å². The van der Waals surface area contributed by atoms with Crippen molar-refractivity contribution in [1.29, 1.82) is 0 Å². The molecule has 0 aliphatic carbocycles. The van der Waals surface area contributed by atoms with Crippen LogP contribution in [-0.4, -0.2) is 68.8 Å². The molecule has 0 aromatic heterocycles. The van der Waals surface area contributed by atoms with Crippen LogP contribution in [0.15, 0.2) is 18.2 Å². The van der Waals surface area contributed by atoms with E-state index in [4.69, 9.17) is 18.9 Å². The summed E-state index contributed by atoms with van der Waals surface area (Å²) >= 11 is 0. The highest BCUT2D eigenvalue weighted by molar-refractivity contribution is 5.67. The number of likely N-dealkylation sites (tertiary alicyclic amines) is 1. The van der Waals surface area contributed by atoms with Gasteiger partial charge in [-0.15, -0.1) is 10.1 Å². The zero-order valence-electron chi connectivity index (χ0n) is 20.4. The first kappa shape index (κ1) is 27.7. The number of hydrogen-bond acceptors (Lipinski definition) is 8. The Bertz CT molecular complexity index is 746. The molecular weight excluding hydrogens is 444 g/mol. The maximum absolute atomic E-state index is 12.4. The van der Waals surface area contributed by atoms with Gasteiger partial charge < -0.3 is 28.7 Å². The van der Waals surface area contributed by atoms with Crippen molar-refractivity contribution in [2.24, 2.45) is 0 Å². The van der Waals surface area contributed by atoms with E-state index in [0.717, 1.165) is 55.4 Å². The quantitative estimate of drug-likeness (QED) is 0.195. The minimum Gasteiger partial charge on any atom is -0.493 e. The molecule has 1 aromatic carbocycles. The van der Waals surface area contributed by atoms with Crippen LogP contribution in [0.3, 0.4) is 0 Å². The molecule has 1 aliphatic rings. The zero-order chi connectivity index (χ0) is 24.6. The van der Waals surface area contributed by atoms with Crippen LogP contribution < -0.4 is 4.74 Å². The molecule has 1 atom stereocenters. The summed E-state index contributed by atoms with van der Waals surface area (Å²) < 4.78 is 22.5. The molecule has 0 radical (unpaired) electrons. The maximum atomic E-state index is 12.4. The second-order valence-electron chi connectivity index (χ2n) is 8.41. The molecule has 1 fully saturated rings. The lowest BCUT2D eigenvalue weighted by atomic mass is 10.1. The first-order chi connectivity index (χ1) is 16.5. The van der Waals surface area contributed by atoms with Crippen LogP contribution >= 0.6 is 0 Å². The number of aryl methyl sites for hydroxylation is 1. The van der Waals surface area contributed by atoms with Gasteiger partial charge >= 0.3 is 6.09 Å². The van der Waals surface area contributed by atoms with E-state index in [1.165, 1.54) is 0 Å². The molecule has 2 rings (SSSR count). The number of benzene rings is 1. The third-order valence-corrected chi connectivity index (χ3v) is 5.54. The van der Waals surface area contributed by atoms with Crippen LogP contribution in [0.1, 0.15) is 56.1 Å². The van der Waals surface area contributed by atoms with Gasteiger partial charge in [-0.1, -0.05) is 18.6 Å². The highest BCUT2D eigenvalue weighted by Gasteiger charge is 2.25. The van der Waals surface area contributed by atoms with Gasteiger partial charge in [0.25, 0.3) is 5.09 Å². The molecule has 0 spiro atoms. The lowest BCUT2D eigenvalue weighted by molar-refractivity contribution is -0.757. The van der Waals surface area contributed by atoms with E-state index in [1.807, 2.05) is 25.1 Å². The smallest absolute Gasteiger partial charge is 0.409 e. The number of amides is 1. The normalized spacial score (nSPS) is 15.7. The second kappa shape index (κ2) is 16.1. The van der Waals surface area contributed by atoms with Crippen molar-refractivity contribution in [1.82, 2.24) is 4.90 Å². The molecular formula is C24H38N2O8. The van der Waals surface area contributed by atoms with E-state index in [0.29, 0.717) is 45.9 Å². The summed E-state index contributed by atoms with van der Waals surface area (Å²) in [6.45, 7) is 5.30. The number of hydrogen-bond donors (Lipinski definition) is 0. The second-order valence-corrected chi connectivity index (χ2v) is 8.41. The molecule has 1 amide bonds. The summed E-state index contributed by atoms with van der Waals surface area (Å²) in [6, 6.07) is 6.09. The van der Waals surface area contributed by atoms with Gasteiger partial charge in [-0.05, 0) is 50.7 Å². The van der Waals surface area contributed by atoms with Gasteiger partial charge in [-0.25, -0.2) is 4.79 Å². The standard InChI is InChI=1S/C24H38N2O8/c1-20-10-11-21(23(17-20)31-15-8-13-30-2)19-33-22-9-7-12-25(18-22)24(27)32-14-5-3-4-6-16-34-26(28)29/h10-11,17,22H,3-9,12-16,18-19H2,1-2H3. The molecule has 1 heterocycles. The lowest BCUT2D eigenvalue weighted by Crippen LogP contribution is -2.43. The van der Waals surface area contributed by atoms with Gasteiger partial charge in [0, 0.05) is 32.2 Å². The Morgan fingerprint density at radius 2 is 1.91 bits per heavy atom. The van der Waals surface area contributed by atoms with Gasteiger partial charge in [0.05, 0.1) is 39.1 Å². The molecule has 10 heteroatoms. The Labute approximate surface area is 201 Å². The summed E-state index contributed by atoms with van der Waals surface area (Å²) in [5, 5.41) is 9.30. The maximum Gasteiger partial charge on any atom is 0.409 e. The predicted octanol–water partition coefficient (Wildman–Crippen LogP) is 4.30. The molecule has 1 unspecified atom stereocenters. The van der Waals surface area contributed by atoms with Gasteiger partial charge in [0.1, 0.15) is 5.75 Å². The van der Waals surface area contributed by atoms with Crippen LogP contribution in [-0.2, 0) is 25.7 Å². The zero-order valence-corrected chi connectivity index (χ0v) is 20.4. The Hall–Kier alpha value is -2.59.